The van der Waals surface area contributed by atoms with E-state index in [-0.39, 0.29) is 34.7 Å². The van der Waals surface area contributed by atoms with Gasteiger partial charge in [-0.2, -0.15) is 11.8 Å². The standard InChI is InChI=1S/C28H37NO4S/c1-26-11-8-20(30)15-18(26)6-7-21-22-9-12-28(33,27(22,2)16-23(31)25(21)26)24(32)17-34-14-10-19-5-3-4-13-29-19/h3-5,13,15,21-23,25,31,33H,6-12,14,16-17H2,1-2H3/t21?,22?,23-,25?,26?,27?,28-/m0/s1. The molecule has 4 aliphatic rings. The molecule has 6 heteroatoms. The lowest BCUT2D eigenvalue weighted by Crippen LogP contribution is -2.62. The molecule has 1 aromatic heterocycles. The number of thioether (sulfide) groups is 1. The van der Waals surface area contributed by atoms with Gasteiger partial charge in [0, 0.05) is 23.7 Å². The van der Waals surface area contributed by atoms with Crippen LogP contribution < -0.4 is 0 Å². The van der Waals surface area contributed by atoms with Gasteiger partial charge in [-0.1, -0.05) is 25.5 Å². The van der Waals surface area contributed by atoms with Gasteiger partial charge in [0.05, 0.1) is 11.9 Å². The summed E-state index contributed by atoms with van der Waals surface area (Å²) in [6, 6.07) is 5.86. The molecule has 2 N–H and O–H groups in total. The van der Waals surface area contributed by atoms with Crippen LogP contribution in [0.5, 0.6) is 0 Å². The predicted octanol–water partition coefficient (Wildman–Crippen LogP) is 4.16. The van der Waals surface area contributed by atoms with Gasteiger partial charge in [-0.25, -0.2) is 0 Å². The van der Waals surface area contributed by atoms with E-state index in [9.17, 15) is 19.8 Å². The Kier molecular flexibility index (Phi) is 6.31. The average Bonchev–Trinajstić information content (AvgIpc) is 3.08. The number of aliphatic hydroxyl groups excluding tert-OH is 1. The number of allylic oxidation sites excluding steroid dienone is 1. The summed E-state index contributed by atoms with van der Waals surface area (Å²) in [5.41, 5.74) is 0.0967. The summed E-state index contributed by atoms with van der Waals surface area (Å²) in [6.07, 6.45) is 8.81. The van der Waals surface area contributed by atoms with Gasteiger partial charge in [0.15, 0.2) is 11.6 Å². The van der Waals surface area contributed by atoms with Crippen LogP contribution in [0.1, 0.15) is 64.5 Å². The number of aryl methyl sites for hydroxylation is 1. The summed E-state index contributed by atoms with van der Waals surface area (Å²) in [6.45, 7) is 4.29. The van der Waals surface area contributed by atoms with Gasteiger partial charge in [-0.3, -0.25) is 14.6 Å². The highest BCUT2D eigenvalue weighted by Gasteiger charge is 2.68. The third-order valence-corrected chi connectivity index (χ3v) is 10.9. The molecular formula is C28H37NO4S. The second-order valence-electron chi connectivity index (χ2n) is 11.5. The third-order valence-electron chi connectivity index (χ3n) is 9.97. The van der Waals surface area contributed by atoms with Gasteiger partial charge >= 0.3 is 0 Å². The smallest absolute Gasteiger partial charge is 0.174 e. The molecule has 3 fully saturated rings. The van der Waals surface area contributed by atoms with Gasteiger partial charge in [-0.15, -0.1) is 0 Å². The molecule has 7 atom stereocenters. The molecule has 5 unspecified atom stereocenters. The minimum Gasteiger partial charge on any atom is -0.393 e. The molecule has 1 heterocycles. The van der Waals surface area contributed by atoms with E-state index in [1.807, 2.05) is 24.3 Å². The van der Waals surface area contributed by atoms with Crippen molar-refractivity contribution in [3.63, 3.8) is 0 Å². The Balaban J connectivity index is 1.30. The van der Waals surface area contributed by atoms with Gasteiger partial charge in [-0.05, 0) is 92.1 Å². The van der Waals surface area contributed by atoms with Crippen molar-refractivity contribution in [2.45, 2.75) is 76.9 Å². The van der Waals surface area contributed by atoms with Gasteiger partial charge in [0.1, 0.15) is 5.60 Å². The number of nitrogens with zero attached hydrogens (tertiary/aromatic N) is 1. The number of Topliss-reactive ketones (excluding diaryl/α,β-unsaturated/α-hetero) is 1. The molecule has 5 rings (SSSR count). The van der Waals surface area contributed by atoms with Crippen LogP contribution in [0.15, 0.2) is 36.0 Å². The molecule has 4 aliphatic carbocycles. The van der Waals surface area contributed by atoms with Crippen molar-refractivity contribution in [1.82, 2.24) is 4.98 Å². The van der Waals surface area contributed by atoms with E-state index in [1.165, 1.54) is 5.57 Å². The summed E-state index contributed by atoms with van der Waals surface area (Å²) in [4.78, 5) is 29.8. The molecule has 3 saturated carbocycles. The first-order valence-electron chi connectivity index (χ1n) is 12.8. The Bertz CT molecular complexity index is 995. The first kappa shape index (κ1) is 24.2. The van der Waals surface area contributed by atoms with Crippen LogP contribution in [-0.4, -0.2) is 50.0 Å². The Hall–Kier alpha value is -1.50. The molecule has 34 heavy (non-hydrogen) atoms. The zero-order chi connectivity index (χ0) is 24.1. The van der Waals surface area contributed by atoms with E-state index >= 15 is 0 Å². The number of hydrogen-bond donors (Lipinski definition) is 2. The van der Waals surface area contributed by atoms with E-state index < -0.39 is 17.1 Å². The van der Waals surface area contributed by atoms with Crippen LogP contribution >= 0.6 is 11.8 Å². The molecule has 0 radical (unpaired) electrons. The molecule has 0 aromatic carbocycles. The summed E-state index contributed by atoms with van der Waals surface area (Å²) in [5.74, 6) is 1.82. The summed E-state index contributed by atoms with van der Waals surface area (Å²) in [5, 5.41) is 23.3. The molecule has 0 saturated heterocycles. The fourth-order valence-corrected chi connectivity index (χ4v) is 9.08. The minimum absolute atomic E-state index is 0.0833. The molecule has 0 amide bonds. The van der Waals surface area contributed by atoms with Gasteiger partial charge < -0.3 is 10.2 Å². The zero-order valence-electron chi connectivity index (χ0n) is 20.3. The number of aliphatic hydroxyl groups is 2. The Morgan fingerprint density at radius 1 is 1.21 bits per heavy atom. The summed E-state index contributed by atoms with van der Waals surface area (Å²) in [7, 11) is 0. The lowest BCUT2D eigenvalue weighted by Gasteiger charge is -2.60. The molecule has 5 nitrogen and oxygen atoms in total. The number of pyridine rings is 1. The van der Waals surface area contributed by atoms with E-state index in [0.29, 0.717) is 25.0 Å². The minimum atomic E-state index is -1.37. The topological polar surface area (TPSA) is 87.5 Å². The largest absolute Gasteiger partial charge is 0.393 e. The quantitative estimate of drug-likeness (QED) is 0.591. The summed E-state index contributed by atoms with van der Waals surface area (Å²) < 4.78 is 0. The maximum Gasteiger partial charge on any atom is 0.174 e. The van der Waals surface area contributed by atoms with Crippen LogP contribution in [0, 0.1) is 28.6 Å². The highest BCUT2D eigenvalue weighted by Crippen LogP contribution is 2.67. The molecule has 1 aromatic rings. The number of aromatic nitrogens is 1. The fourth-order valence-electron chi connectivity index (χ4n) is 8.16. The van der Waals surface area contributed by atoms with Crippen molar-refractivity contribution >= 4 is 23.3 Å². The number of hydrogen-bond acceptors (Lipinski definition) is 6. The first-order chi connectivity index (χ1) is 16.2. The Morgan fingerprint density at radius 2 is 2.03 bits per heavy atom. The van der Waals surface area contributed by atoms with Crippen molar-refractivity contribution in [2.75, 3.05) is 11.5 Å². The van der Waals surface area contributed by atoms with Crippen LogP contribution in [0.25, 0.3) is 0 Å². The fraction of sp³-hybridized carbons (Fsp3) is 0.679. The molecule has 0 aliphatic heterocycles. The molecule has 0 spiro atoms. The number of carbonyl (C=O) groups excluding carboxylic acids is 2. The maximum absolute atomic E-state index is 13.4. The molecular weight excluding hydrogens is 446 g/mol. The first-order valence-corrected chi connectivity index (χ1v) is 14.0. The lowest BCUT2D eigenvalue weighted by molar-refractivity contribution is -0.178. The van der Waals surface area contributed by atoms with Gasteiger partial charge in [0.2, 0.25) is 0 Å². The van der Waals surface area contributed by atoms with Crippen LogP contribution in [0.2, 0.25) is 0 Å². The average molecular weight is 484 g/mol. The zero-order valence-corrected chi connectivity index (χ0v) is 21.2. The van der Waals surface area contributed by atoms with Gasteiger partial charge in [0.25, 0.3) is 0 Å². The highest BCUT2D eigenvalue weighted by atomic mass is 32.2. The Morgan fingerprint density at radius 3 is 2.79 bits per heavy atom. The van der Waals surface area contributed by atoms with Crippen LogP contribution in [0.4, 0.5) is 0 Å². The van der Waals surface area contributed by atoms with Crippen molar-refractivity contribution in [3.8, 4) is 0 Å². The van der Waals surface area contributed by atoms with E-state index in [2.05, 4.69) is 18.8 Å². The van der Waals surface area contributed by atoms with E-state index in [4.69, 9.17) is 0 Å². The second kappa shape index (κ2) is 8.86. The number of rotatable bonds is 6. The highest BCUT2D eigenvalue weighted by molar-refractivity contribution is 7.99. The van der Waals surface area contributed by atoms with Crippen molar-refractivity contribution in [2.24, 2.45) is 28.6 Å². The van der Waals surface area contributed by atoms with Crippen molar-refractivity contribution in [1.29, 1.82) is 0 Å². The monoisotopic (exact) mass is 483 g/mol. The molecule has 184 valence electrons. The second-order valence-corrected chi connectivity index (χ2v) is 12.6. The maximum atomic E-state index is 13.4. The molecule has 0 bridgehead atoms. The van der Waals surface area contributed by atoms with E-state index in [0.717, 1.165) is 43.6 Å². The SMILES string of the molecule is CC12CCC(=O)C=C1CCC1C2[C@@H](O)CC2(C)C1CC[C@]2(O)C(=O)CSCCc1ccccn1. The van der Waals surface area contributed by atoms with E-state index in [1.54, 1.807) is 18.0 Å². The lowest BCUT2D eigenvalue weighted by atomic mass is 9.45. The number of ketones is 2. The van der Waals surface area contributed by atoms with Crippen molar-refractivity contribution < 1.29 is 19.8 Å². The van der Waals surface area contributed by atoms with Crippen LogP contribution in [0.3, 0.4) is 0 Å². The Labute approximate surface area is 206 Å². The third kappa shape index (κ3) is 3.72. The van der Waals surface area contributed by atoms with Crippen molar-refractivity contribution in [3.05, 3.63) is 41.7 Å². The summed E-state index contributed by atoms with van der Waals surface area (Å²) >= 11 is 1.57. The number of fused-ring (bicyclic) bond motifs is 5. The predicted molar refractivity (Wildman–Crippen MR) is 133 cm³/mol. The number of carbonyl (C=O) groups is 2. The normalized spacial score (nSPS) is 41.3. The van der Waals surface area contributed by atoms with Crippen LogP contribution in [-0.2, 0) is 16.0 Å².